The van der Waals surface area contributed by atoms with E-state index in [1.165, 1.54) is 54.1 Å². The van der Waals surface area contributed by atoms with Gasteiger partial charge in [-0.3, -0.25) is 0 Å². The van der Waals surface area contributed by atoms with E-state index < -0.39 is 42.0 Å². The van der Waals surface area contributed by atoms with E-state index in [-0.39, 0.29) is 72.7 Å². The molecule has 1 unspecified atom stereocenters. The monoisotopic (exact) mass is 909 g/mol. The van der Waals surface area contributed by atoms with Gasteiger partial charge in [0.05, 0.1) is 25.7 Å². The van der Waals surface area contributed by atoms with Crippen molar-refractivity contribution >= 4 is 41.8 Å². The lowest BCUT2D eigenvalue weighted by atomic mass is 9.88. The minimum Gasteiger partial charge on any atom is -0.466 e. The van der Waals surface area contributed by atoms with Crippen molar-refractivity contribution in [1.29, 1.82) is 0 Å². The summed E-state index contributed by atoms with van der Waals surface area (Å²) in [5, 5.41) is 17.1. The van der Waals surface area contributed by atoms with E-state index in [9.17, 15) is 33.6 Å². The average Bonchev–Trinajstić information content (AvgIpc) is 3.24. The fourth-order valence-electron chi connectivity index (χ4n) is 3.78. The van der Waals surface area contributed by atoms with E-state index in [1.54, 1.807) is 20.8 Å². The van der Waals surface area contributed by atoms with Crippen LogP contribution in [0.4, 0.5) is 0 Å². The Morgan fingerprint density at radius 2 is 0.844 bits per heavy atom. The molecule has 0 aliphatic heterocycles. The molecule has 2 N–H and O–H groups in total. The molecule has 1 aliphatic rings. The highest BCUT2D eigenvalue weighted by Crippen LogP contribution is 2.25. The second-order valence-corrected chi connectivity index (χ2v) is 15.6. The molecule has 1 saturated carbocycles. The first-order chi connectivity index (χ1) is 29.5. The molecular formula is C48H76O16. The second kappa shape index (κ2) is 36.8. The Morgan fingerprint density at radius 3 is 1.09 bits per heavy atom. The lowest BCUT2D eigenvalue weighted by molar-refractivity contribution is -0.157. The molecule has 16 nitrogen and oxygen atoms in total. The number of carbonyl (C=O) groups is 7. The molecule has 0 saturated heterocycles. The fourth-order valence-corrected chi connectivity index (χ4v) is 3.78. The first kappa shape index (κ1) is 65.0. The molecule has 0 aromatic heterocycles. The molecule has 0 amide bonds. The molecule has 0 bridgehead atoms. The molecule has 364 valence electrons. The molecule has 1 fully saturated rings. The van der Waals surface area contributed by atoms with Crippen molar-refractivity contribution in [2.75, 3.05) is 46.8 Å². The van der Waals surface area contributed by atoms with Gasteiger partial charge in [-0.15, -0.1) is 0 Å². The Bertz CT molecular complexity index is 1540. The second-order valence-electron chi connectivity index (χ2n) is 15.6. The van der Waals surface area contributed by atoms with Crippen molar-refractivity contribution in [2.24, 2.45) is 11.3 Å². The van der Waals surface area contributed by atoms with Crippen LogP contribution in [0.2, 0.25) is 0 Å². The predicted octanol–water partition coefficient (Wildman–Crippen LogP) is 7.14. The lowest BCUT2D eigenvalue weighted by Gasteiger charge is -2.31. The zero-order valence-electron chi connectivity index (χ0n) is 40.3. The van der Waals surface area contributed by atoms with E-state index in [4.69, 9.17) is 33.9 Å². The molecular weight excluding hydrogens is 833 g/mol. The average molecular weight is 909 g/mol. The topological polar surface area (TPSA) is 225 Å². The molecule has 1 rings (SSSR count). The molecule has 1 aliphatic carbocycles. The van der Waals surface area contributed by atoms with Crippen LogP contribution >= 0.6 is 0 Å². The first-order valence-corrected chi connectivity index (χ1v) is 20.6. The first-order valence-electron chi connectivity index (χ1n) is 20.6. The van der Waals surface area contributed by atoms with Crippen LogP contribution in [0.3, 0.4) is 0 Å². The number of rotatable bonds is 20. The molecule has 0 spiro atoms. The third-order valence-corrected chi connectivity index (χ3v) is 7.89. The van der Waals surface area contributed by atoms with Crippen LogP contribution in [0.15, 0.2) is 85.1 Å². The maximum absolute atomic E-state index is 11.6. The molecule has 0 radical (unpaired) electrons. The van der Waals surface area contributed by atoms with Crippen molar-refractivity contribution in [3.05, 3.63) is 85.1 Å². The smallest absolute Gasteiger partial charge is 0.333 e. The van der Waals surface area contributed by atoms with E-state index >= 15 is 0 Å². The number of ether oxygens (including phenoxy) is 7. The number of hydrogen-bond donors (Lipinski definition) is 2. The lowest BCUT2D eigenvalue weighted by Crippen LogP contribution is -2.39. The maximum atomic E-state index is 11.6. The highest BCUT2D eigenvalue weighted by molar-refractivity contribution is 5.89. The van der Waals surface area contributed by atoms with Gasteiger partial charge in [-0.05, 0) is 86.5 Å². The minimum atomic E-state index is -1.00. The summed E-state index contributed by atoms with van der Waals surface area (Å²) in [6.45, 7) is 40.7. The van der Waals surface area contributed by atoms with Crippen LogP contribution in [0.5, 0.6) is 0 Å². The van der Waals surface area contributed by atoms with Gasteiger partial charge in [0.1, 0.15) is 38.6 Å². The highest BCUT2D eigenvalue weighted by atomic mass is 16.6. The molecule has 1 atom stereocenters. The number of carbonyl (C=O) groups excluding carboxylic acids is 7. The van der Waals surface area contributed by atoms with E-state index in [1.807, 2.05) is 20.8 Å². The summed E-state index contributed by atoms with van der Waals surface area (Å²) < 4.78 is 34.4. The number of methoxy groups -OCH3 is 1. The number of esters is 7. The van der Waals surface area contributed by atoms with Crippen LogP contribution in [-0.2, 0) is 66.7 Å². The zero-order chi connectivity index (χ0) is 50.7. The van der Waals surface area contributed by atoms with Crippen molar-refractivity contribution < 1.29 is 76.9 Å². The number of aliphatic hydroxyl groups is 2. The Morgan fingerprint density at radius 1 is 0.531 bits per heavy atom. The highest BCUT2D eigenvalue weighted by Gasteiger charge is 2.34. The standard InChI is InChI=1S/C18H26O6.C10H16O2.C8H14O2.C7H12O4.C5H8O2/c1-8-18(9-22-15(19)12(2)3,10-23-16(20)13(4)5)11-24-17(21)14(6)7;1-8(2)10(11)12-9-6-4-3-5-7-9;1-6(2)5-10-8(9)7(3)4;1-5(2)7(10)11-4-6(9)3-8;1-4(2)5(6)7-3/h2,4,6,8-11H2,1,3,5,7H3;9H,1,3-7H2,2H3;6H,3,5H2,1-2,4H3;6,8-9H,1,3-4H2,2H3;1H2,2-3H3. The van der Waals surface area contributed by atoms with Gasteiger partial charge in [-0.1, -0.05) is 73.2 Å². The van der Waals surface area contributed by atoms with Gasteiger partial charge in [-0.25, -0.2) is 33.6 Å². The number of aliphatic hydroxyl groups excluding tert-OH is 2. The Balaban J connectivity index is -0.000000380. The van der Waals surface area contributed by atoms with Gasteiger partial charge >= 0.3 is 41.8 Å². The summed E-state index contributed by atoms with van der Waals surface area (Å²) in [5.41, 5.74) is 1.55. The van der Waals surface area contributed by atoms with Crippen molar-refractivity contribution in [2.45, 2.75) is 120 Å². The van der Waals surface area contributed by atoms with Gasteiger partial charge in [0.2, 0.25) is 0 Å². The summed E-state index contributed by atoms with van der Waals surface area (Å²) in [5.74, 6) is -2.74. The van der Waals surface area contributed by atoms with Gasteiger partial charge in [-0.2, -0.15) is 0 Å². The molecule has 0 aromatic carbocycles. The molecule has 64 heavy (non-hydrogen) atoms. The predicted molar refractivity (Wildman–Crippen MR) is 244 cm³/mol. The Labute approximate surface area is 381 Å². The van der Waals surface area contributed by atoms with Crippen LogP contribution in [0.1, 0.15) is 108 Å². The van der Waals surface area contributed by atoms with Gasteiger partial charge in [0, 0.05) is 39.0 Å². The van der Waals surface area contributed by atoms with Crippen molar-refractivity contribution in [1.82, 2.24) is 0 Å². The van der Waals surface area contributed by atoms with Crippen LogP contribution < -0.4 is 0 Å². The Kier molecular flexibility index (Phi) is 37.4. The summed E-state index contributed by atoms with van der Waals surface area (Å²) in [4.78, 5) is 77.6. The van der Waals surface area contributed by atoms with E-state index in [0.29, 0.717) is 35.7 Å². The van der Waals surface area contributed by atoms with Crippen molar-refractivity contribution in [3.8, 4) is 0 Å². The minimum absolute atomic E-state index is 0.0812. The molecule has 0 heterocycles. The van der Waals surface area contributed by atoms with Gasteiger partial charge in [0.15, 0.2) is 0 Å². The van der Waals surface area contributed by atoms with Gasteiger partial charge in [0.25, 0.3) is 0 Å². The van der Waals surface area contributed by atoms with Crippen LogP contribution in [-0.4, -0.2) is 111 Å². The summed E-state index contributed by atoms with van der Waals surface area (Å²) in [6.07, 6.45) is 5.31. The zero-order valence-corrected chi connectivity index (χ0v) is 40.3. The van der Waals surface area contributed by atoms with Gasteiger partial charge < -0.3 is 43.4 Å². The summed E-state index contributed by atoms with van der Waals surface area (Å²) in [7, 11) is 1.33. The Hall–Kier alpha value is -5.61. The SMILES string of the molecule is C=C(C)C(=O)OC.C=C(C)C(=O)OC1CCCCC1.C=C(C)C(=O)OCC(C)C.C=C(C)C(=O)OCC(CC)(COC(=O)C(=C)C)COC(=O)C(=C)C.C=C(C)C(=O)OCC(O)CO. The quantitative estimate of drug-likeness (QED) is 0.0704. The normalized spacial score (nSPS) is 11.9. The fraction of sp³-hybridized carbons (Fsp3) is 0.562. The summed E-state index contributed by atoms with van der Waals surface area (Å²) >= 11 is 0. The number of hydrogen-bond acceptors (Lipinski definition) is 16. The third kappa shape index (κ3) is 35.9. The van der Waals surface area contributed by atoms with E-state index in [2.05, 4.69) is 55.5 Å². The largest absolute Gasteiger partial charge is 0.466 e. The third-order valence-electron chi connectivity index (χ3n) is 7.89. The van der Waals surface area contributed by atoms with Crippen molar-refractivity contribution in [3.63, 3.8) is 0 Å². The molecule has 0 aromatic rings. The van der Waals surface area contributed by atoms with Crippen LogP contribution in [0.25, 0.3) is 0 Å². The van der Waals surface area contributed by atoms with Crippen LogP contribution in [0, 0.1) is 11.3 Å². The van der Waals surface area contributed by atoms with E-state index in [0.717, 1.165) is 12.8 Å². The maximum Gasteiger partial charge on any atom is 0.333 e. The summed E-state index contributed by atoms with van der Waals surface area (Å²) in [6, 6.07) is 0. The molecule has 16 heteroatoms.